The molecule has 0 unspecified atom stereocenters. The first kappa shape index (κ1) is 15.6. The summed E-state index contributed by atoms with van der Waals surface area (Å²) in [5, 5.41) is 4.39. The highest BCUT2D eigenvalue weighted by Crippen LogP contribution is 2.35. The zero-order valence-electron chi connectivity index (χ0n) is 10.9. The molecule has 5 heteroatoms. The minimum Gasteiger partial charge on any atom is -0.455 e. The van der Waals surface area contributed by atoms with E-state index in [1.807, 2.05) is 18.2 Å². The van der Waals surface area contributed by atoms with Crippen LogP contribution in [0.4, 0.5) is 0 Å². The monoisotopic (exact) mass is 373 g/mol. The van der Waals surface area contributed by atoms with Crippen LogP contribution in [0.2, 0.25) is 10.0 Å². The number of hydrogen-bond donors (Lipinski definition) is 1. The maximum absolute atomic E-state index is 6.09. The lowest BCUT2D eigenvalue weighted by Gasteiger charge is -2.11. The first-order valence-electron chi connectivity index (χ1n) is 6.22. The molecule has 2 aromatic rings. The van der Waals surface area contributed by atoms with E-state index in [0.717, 1.165) is 17.6 Å². The summed E-state index contributed by atoms with van der Waals surface area (Å²) in [6, 6.07) is 11.1. The molecule has 2 rings (SSSR count). The van der Waals surface area contributed by atoms with E-state index in [4.69, 9.17) is 27.9 Å². The van der Waals surface area contributed by atoms with Crippen molar-refractivity contribution in [3.63, 3.8) is 0 Å². The molecular weight excluding hydrogens is 361 g/mol. The van der Waals surface area contributed by atoms with Gasteiger partial charge in [-0.3, -0.25) is 0 Å². The molecule has 0 heterocycles. The van der Waals surface area contributed by atoms with E-state index in [1.54, 1.807) is 18.2 Å². The number of ether oxygens (including phenoxy) is 1. The normalized spacial score (nSPS) is 10.6. The van der Waals surface area contributed by atoms with Crippen molar-refractivity contribution in [3.8, 4) is 11.5 Å². The molecule has 1 N–H and O–H groups in total. The molecule has 2 aromatic carbocycles. The highest BCUT2D eigenvalue weighted by Gasteiger charge is 2.08. The van der Waals surface area contributed by atoms with Gasteiger partial charge in [0.1, 0.15) is 11.5 Å². The average Bonchev–Trinajstić information content (AvgIpc) is 2.43. The number of hydrogen-bond acceptors (Lipinski definition) is 2. The second-order valence-corrected chi connectivity index (χ2v) is 5.92. The fourth-order valence-corrected chi connectivity index (χ4v) is 2.51. The van der Waals surface area contributed by atoms with E-state index in [-0.39, 0.29) is 0 Å². The van der Waals surface area contributed by atoms with Crippen LogP contribution in [0.15, 0.2) is 40.9 Å². The Kier molecular flexibility index (Phi) is 5.73. The van der Waals surface area contributed by atoms with Crippen molar-refractivity contribution >= 4 is 39.1 Å². The van der Waals surface area contributed by atoms with Crippen molar-refractivity contribution in [3.05, 3.63) is 56.5 Å². The van der Waals surface area contributed by atoms with Crippen molar-refractivity contribution in [2.75, 3.05) is 6.54 Å². The van der Waals surface area contributed by atoms with E-state index < -0.39 is 0 Å². The van der Waals surface area contributed by atoms with Crippen LogP contribution >= 0.6 is 39.1 Å². The predicted molar refractivity (Wildman–Crippen MR) is 88.1 cm³/mol. The number of rotatable bonds is 5. The third-order valence-corrected chi connectivity index (χ3v) is 3.86. The minimum absolute atomic E-state index is 0.526. The summed E-state index contributed by atoms with van der Waals surface area (Å²) in [6.07, 6.45) is 0. The lowest BCUT2D eigenvalue weighted by molar-refractivity contribution is 0.479. The Morgan fingerprint density at radius 2 is 1.90 bits per heavy atom. The van der Waals surface area contributed by atoms with Gasteiger partial charge in [0.15, 0.2) is 0 Å². The summed E-state index contributed by atoms with van der Waals surface area (Å²) < 4.78 is 6.68. The maximum Gasteiger partial charge on any atom is 0.147 e. The molecule has 0 aliphatic heterocycles. The van der Waals surface area contributed by atoms with E-state index in [0.29, 0.717) is 21.5 Å². The van der Waals surface area contributed by atoms with Crippen LogP contribution in [0.25, 0.3) is 0 Å². The van der Waals surface area contributed by atoms with Gasteiger partial charge in [0.25, 0.3) is 0 Å². The van der Waals surface area contributed by atoms with E-state index >= 15 is 0 Å². The summed E-state index contributed by atoms with van der Waals surface area (Å²) in [4.78, 5) is 0. The molecule has 0 aliphatic rings. The van der Waals surface area contributed by atoms with Crippen molar-refractivity contribution in [2.24, 2.45) is 0 Å². The van der Waals surface area contributed by atoms with E-state index in [9.17, 15) is 0 Å². The van der Waals surface area contributed by atoms with Crippen molar-refractivity contribution in [1.82, 2.24) is 5.32 Å². The summed E-state index contributed by atoms with van der Waals surface area (Å²) in [5.41, 5.74) is 1.18. The summed E-state index contributed by atoms with van der Waals surface area (Å²) >= 11 is 15.5. The molecule has 0 spiro atoms. The second-order valence-electron chi connectivity index (χ2n) is 4.22. The molecule has 0 amide bonds. The Labute approximate surface area is 137 Å². The Morgan fingerprint density at radius 1 is 1.10 bits per heavy atom. The minimum atomic E-state index is 0.526. The molecule has 20 heavy (non-hydrogen) atoms. The molecule has 0 radical (unpaired) electrons. The van der Waals surface area contributed by atoms with Gasteiger partial charge >= 0.3 is 0 Å². The van der Waals surface area contributed by atoms with Crippen LogP contribution in [0.5, 0.6) is 11.5 Å². The van der Waals surface area contributed by atoms with Gasteiger partial charge in [0.05, 0.1) is 9.50 Å². The Hall–Kier alpha value is -0.740. The standard InChI is InChI=1S/C15H14BrCl2NO/c1-2-19-9-10-3-6-14(12(16)7-10)20-15-8-11(17)4-5-13(15)18/h3-8,19H,2,9H2,1H3. The quantitative estimate of drug-likeness (QED) is 0.729. The van der Waals surface area contributed by atoms with Gasteiger partial charge in [-0.2, -0.15) is 0 Å². The molecule has 0 saturated heterocycles. The van der Waals surface area contributed by atoms with Crippen molar-refractivity contribution in [2.45, 2.75) is 13.5 Å². The molecule has 0 atom stereocenters. The van der Waals surface area contributed by atoms with Crippen molar-refractivity contribution in [1.29, 1.82) is 0 Å². The van der Waals surface area contributed by atoms with Crippen LogP contribution in [0.3, 0.4) is 0 Å². The molecule has 0 bridgehead atoms. The van der Waals surface area contributed by atoms with Gasteiger partial charge in [0, 0.05) is 17.6 Å². The molecule has 0 aromatic heterocycles. The maximum atomic E-state index is 6.09. The Morgan fingerprint density at radius 3 is 2.60 bits per heavy atom. The first-order chi connectivity index (χ1) is 9.60. The number of benzene rings is 2. The average molecular weight is 375 g/mol. The summed E-state index contributed by atoms with van der Waals surface area (Å²) in [5.74, 6) is 1.24. The van der Waals surface area contributed by atoms with Crippen LogP contribution in [-0.4, -0.2) is 6.54 Å². The fourth-order valence-electron chi connectivity index (χ4n) is 1.68. The zero-order valence-corrected chi connectivity index (χ0v) is 14.0. The van der Waals surface area contributed by atoms with Crippen molar-refractivity contribution < 1.29 is 4.74 Å². The lowest BCUT2D eigenvalue weighted by atomic mass is 10.2. The highest BCUT2D eigenvalue weighted by atomic mass is 79.9. The molecular formula is C15H14BrCl2NO. The molecule has 0 aliphatic carbocycles. The van der Waals surface area contributed by atoms with Gasteiger partial charge in [-0.05, 0) is 52.3 Å². The third kappa shape index (κ3) is 4.13. The van der Waals surface area contributed by atoms with E-state index in [2.05, 4.69) is 28.2 Å². The van der Waals surface area contributed by atoms with Gasteiger partial charge < -0.3 is 10.1 Å². The summed E-state index contributed by atoms with van der Waals surface area (Å²) in [7, 11) is 0. The molecule has 106 valence electrons. The molecule has 0 saturated carbocycles. The Balaban J connectivity index is 2.19. The van der Waals surface area contributed by atoms with Crippen LogP contribution in [-0.2, 0) is 6.54 Å². The van der Waals surface area contributed by atoms with Gasteiger partial charge in [-0.25, -0.2) is 0 Å². The number of nitrogens with one attached hydrogen (secondary N) is 1. The predicted octanol–water partition coefficient (Wildman–Crippen LogP) is 5.66. The van der Waals surface area contributed by atoms with Gasteiger partial charge in [0.2, 0.25) is 0 Å². The van der Waals surface area contributed by atoms with E-state index in [1.165, 1.54) is 5.56 Å². The molecule has 0 fully saturated rings. The highest BCUT2D eigenvalue weighted by molar-refractivity contribution is 9.10. The number of halogens is 3. The second kappa shape index (κ2) is 7.32. The lowest BCUT2D eigenvalue weighted by Crippen LogP contribution is -2.11. The first-order valence-corrected chi connectivity index (χ1v) is 7.77. The van der Waals surface area contributed by atoms with Crippen LogP contribution < -0.4 is 10.1 Å². The molecule has 2 nitrogen and oxygen atoms in total. The van der Waals surface area contributed by atoms with Gasteiger partial charge in [-0.15, -0.1) is 0 Å². The largest absolute Gasteiger partial charge is 0.455 e. The van der Waals surface area contributed by atoms with Gasteiger partial charge in [-0.1, -0.05) is 36.2 Å². The van der Waals surface area contributed by atoms with Crippen LogP contribution in [0.1, 0.15) is 12.5 Å². The smallest absolute Gasteiger partial charge is 0.147 e. The Bertz CT molecular complexity index is 604. The summed E-state index contributed by atoms with van der Waals surface area (Å²) in [6.45, 7) is 3.84. The third-order valence-electron chi connectivity index (χ3n) is 2.69. The van der Waals surface area contributed by atoms with Crippen LogP contribution in [0, 0.1) is 0 Å². The zero-order chi connectivity index (χ0) is 14.5. The fraction of sp³-hybridized carbons (Fsp3) is 0.200. The topological polar surface area (TPSA) is 21.3 Å². The SMILES string of the molecule is CCNCc1ccc(Oc2cc(Cl)ccc2Cl)c(Br)c1.